The van der Waals surface area contributed by atoms with Crippen molar-refractivity contribution >= 4 is 11.8 Å². The molecule has 0 spiro atoms. The second kappa shape index (κ2) is 4.25. The number of rotatable bonds is 3. The van der Waals surface area contributed by atoms with E-state index < -0.39 is 6.09 Å². The minimum atomic E-state index is -1.08. The molecule has 0 aliphatic heterocycles. The Morgan fingerprint density at radius 2 is 2.54 bits per heavy atom. The Morgan fingerprint density at radius 3 is 3.15 bits per heavy atom. The average Bonchev–Trinajstić information content (AvgIpc) is 2.08. The smallest absolute Gasteiger partial charge is 0.409 e. The molecule has 68 valence electrons. The highest BCUT2D eigenvalue weighted by Crippen LogP contribution is 2.12. The van der Waals surface area contributed by atoms with Gasteiger partial charge in [0.2, 0.25) is 0 Å². The highest BCUT2D eigenvalue weighted by molar-refractivity contribution is 5.83. The molecule has 0 aromatic carbocycles. The Bertz CT molecular complexity index is 323. The average molecular weight is 178 g/mol. The fourth-order valence-corrected chi connectivity index (χ4v) is 0.966. The Morgan fingerprint density at radius 1 is 1.77 bits per heavy atom. The second-order valence-electron chi connectivity index (χ2n) is 2.42. The minimum Gasteiger partial charge on any atom is -0.465 e. The summed E-state index contributed by atoms with van der Waals surface area (Å²) in [5, 5.41) is 10.8. The number of allylic oxidation sites excluding steroid dienone is 1. The molecule has 0 radical (unpaired) electrons. The Hall–Kier alpha value is -1.84. The fourth-order valence-electron chi connectivity index (χ4n) is 0.966. The van der Waals surface area contributed by atoms with Gasteiger partial charge in [0.25, 0.3) is 0 Å². The SMILES string of the molecule is C=CCc1ncccc1NC(=O)O. The summed E-state index contributed by atoms with van der Waals surface area (Å²) < 4.78 is 0. The number of anilines is 1. The molecule has 0 aliphatic carbocycles. The van der Waals surface area contributed by atoms with Crippen molar-refractivity contribution in [3.63, 3.8) is 0 Å². The molecule has 13 heavy (non-hydrogen) atoms. The zero-order valence-corrected chi connectivity index (χ0v) is 7.03. The molecular weight excluding hydrogens is 168 g/mol. The van der Waals surface area contributed by atoms with Gasteiger partial charge in [-0.05, 0) is 12.1 Å². The molecular formula is C9H10N2O2. The van der Waals surface area contributed by atoms with Gasteiger partial charge in [-0.25, -0.2) is 4.79 Å². The molecule has 0 saturated carbocycles. The van der Waals surface area contributed by atoms with Crippen molar-refractivity contribution in [1.29, 1.82) is 0 Å². The van der Waals surface area contributed by atoms with Crippen LogP contribution in [-0.2, 0) is 6.42 Å². The summed E-state index contributed by atoms with van der Waals surface area (Å²) in [7, 11) is 0. The summed E-state index contributed by atoms with van der Waals surface area (Å²) in [5.74, 6) is 0. The first kappa shape index (κ1) is 9.25. The van der Waals surface area contributed by atoms with Crippen molar-refractivity contribution in [3.8, 4) is 0 Å². The predicted molar refractivity (Wildman–Crippen MR) is 49.8 cm³/mol. The number of carbonyl (C=O) groups is 1. The molecule has 1 aromatic rings. The maximum absolute atomic E-state index is 10.4. The summed E-state index contributed by atoms with van der Waals surface area (Å²) in [6.45, 7) is 3.56. The number of amides is 1. The van der Waals surface area contributed by atoms with Gasteiger partial charge in [-0.15, -0.1) is 6.58 Å². The first-order valence-corrected chi connectivity index (χ1v) is 3.78. The molecule has 0 aliphatic rings. The van der Waals surface area contributed by atoms with E-state index in [-0.39, 0.29) is 0 Å². The van der Waals surface area contributed by atoms with E-state index in [1.54, 1.807) is 24.4 Å². The molecule has 0 atom stereocenters. The van der Waals surface area contributed by atoms with Crippen LogP contribution in [0, 0.1) is 0 Å². The van der Waals surface area contributed by atoms with Gasteiger partial charge in [-0.2, -0.15) is 0 Å². The molecule has 1 rings (SSSR count). The normalized spacial score (nSPS) is 9.23. The fraction of sp³-hybridized carbons (Fsp3) is 0.111. The van der Waals surface area contributed by atoms with Crippen molar-refractivity contribution in [3.05, 3.63) is 36.7 Å². The van der Waals surface area contributed by atoms with Crippen LogP contribution in [0.5, 0.6) is 0 Å². The van der Waals surface area contributed by atoms with Crippen molar-refractivity contribution in [2.45, 2.75) is 6.42 Å². The van der Waals surface area contributed by atoms with Gasteiger partial charge in [0.05, 0.1) is 11.4 Å². The topological polar surface area (TPSA) is 62.2 Å². The lowest BCUT2D eigenvalue weighted by molar-refractivity contribution is 0.209. The number of nitrogens with one attached hydrogen (secondary N) is 1. The maximum atomic E-state index is 10.4. The molecule has 1 heterocycles. The van der Waals surface area contributed by atoms with Gasteiger partial charge in [0.1, 0.15) is 0 Å². The lowest BCUT2D eigenvalue weighted by atomic mass is 10.2. The lowest BCUT2D eigenvalue weighted by Crippen LogP contribution is -2.09. The molecule has 1 aromatic heterocycles. The van der Waals surface area contributed by atoms with Crippen LogP contribution in [0.25, 0.3) is 0 Å². The van der Waals surface area contributed by atoms with E-state index in [1.807, 2.05) is 0 Å². The molecule has 0 fully saturated rings. The summed E-state index contributed by atoms with van der Waals surface area (Å²) in [4.78, 5) is 14.4. The highest BCUT2D eigenvalue weighted by Gasteiger charge is 2.03. The Balaban J connectivity index is 2.90. The number of aromatic nitrogens is 1. The van der Waals surface area contributed by atoms with E-state index in [4.69, 9.17) is 5.11 Å². The van der Waals surface area contributed by atoms with E-state index in [0.717, 1.165) is 0 Å². The van der Waals surface area contributed by atoms with Crippen LogP contribution in [0.1, 0.15) is 5.69 Å². The molecule has 0 unspecified atom stereocenters. The first-order valence-electron chi connectivity index (χ1n) is 3.78. The summed E-state index contributed by atoms with van der Waals surface area (Å²) in [6.07, 6.45) is 2.76. The largest absolute Gasteiger partial charge is 0.465 e. The molecule has 2 N–H and O–H groups in total. The third kappa shape index (κ3) is 2.59. The van der Waals surface area contributed by atoms with Crippen molar-refractivity contribution in [1.82, 2.24) is 4.98 Å². The molecule has 0 saturated heterocycles. The zero-order chi connectivity index (χ0) is 9.68. The number of hydrogen-bond donors (Lipinski definition) is 2. The second-order valence-corrected chi connectivity index (χ2v) is 2.42. The van der Waals surface area contributed by atoms with E-state index in [0.29, 0.717) is 17.8 Å². The van der Waals surface area contributed by atoms with Crippen LogP contribution in [0.3, 0.4) is 0 Å². The van der Waals surface area contributed by atoms with Crippen LogP contribution in [-0.4, -0.2) is 16.2 Å². The number of nitrogens with zero attached hydrogens (tertiary/aromatic N) is 1. The molecule has 0 bridgehead atoms. The lowest BCUT2D eigenvalue weighted by Gasteiger charge is -2.04. The highest BCUT2D eigenvalue weighted by atomic mass is 16.4. The summed E-state index contributed by atoms with van der Waals surface area (Å²) >= 11 is 0. The Labute approximate surface area is 75.9 Å². The standard InChI is InChI=1S/C9H10N2O2/c1-2-4-7-8(11-9(12)13)5-3-6-10-7/h2-3,5-6,11H,1,4H2,(H,12,13). The van der Waals surface area contributed by atoms with E-state index >= 15 is 0 Å². The van der Waals surface area contributed by atoms with Gasteiger partial charge in [0.15, 0.2) is 0 Å². The van der Waals surface area contributed by atoms with Crippen LogP contribution < -0.4 is 5.32 Å². The van der Waals surface area contributed by atoms with Gasteiger partial charge < -0.3 is 5.11 Å². The van der Waals surface area contributed by atoms with E-state index in [2.05, 4.69) is 16.9 Å². The van der Waals surface area contributed by atoms with Gasteiger partial charge in [0, 0.05) is 12.6 Å². The first-order chi connectivity index (χ1) is 6.24. The van der Waals surface area contributed by atoms with Gasteiger partial charge in [-0.1, -0.05) is 6.08 Å². The van der Waals surface area contributed by atoms with Crippen LogP contribution in [0.15, 0.2) is 31.0 Å². The van der Waals surface area contributed by atoms with E-state index in [1.165, 1.54) is 0 Å². The quantitative estimate of drug-likeness (QED) is 0.695. The monoisotopic (exact) mass is 178 g/mol. The van der Waals surface area contributed by atoms with E-state index in [9.17, 15) is 4.79 Å². The van der Waals surface area contributed by atoms with Crippen LogP contribution in [0.2, 0.25) is 0 Å². The van der Waals surface area contributed by atoms with Crippen LogP contribution in [0.4, 0.5) is 10.5 Å². The third-order valence-electron chi connectivity index (χ3n) is 1.47. The number of hydrogen-bond acceptors (Lipinski definition) is 2. The van der Waals surface area contributed by atoms with Crippen molar-refractivity contribution in [2.24, 2.45) is 0 Å². The maximum Gasteiger partial charge on any atom is 0.409 e. The Kier molecular flexibility index (Phi) is 3.03. The van der Waals surface area contributed by atoms with Gasteiger partial charge >= 0.3 is 6.09 Å². The third-order valence-corrected chi connectivity index (χ3v) is 1.47. The zero-order valence-electron chi connectivity index (χ0n) is 7.03. The predicted octanol–water partition coefficient (Wildman–Crippen LogP) is 1.90. The van der Waals surface area contributed by atoms with Crippen molar-refractivity contribution < 1.29 is 9.90 Å². The van der Waals surface area contributed by atoms with Crippen LogP contribution >= 0.6 is 0 Å². The molecule has 4 heteroatoms. The molecule has 1 amide bonds. The van der Waals surface area contributed by atoms with Gasteiger partial charge in [-0.3, -0.25) is 10.3 Å². The number of carboxylic acid groups (broad SMARTS) is 1. The molecule has 4 nitrogen and oxygen atoms in total. The van der Waals surface area contributed by atoms with Crippen molar-refractivity contribution in [2.75, 3.05) is 5.32 Å². The number of pyridine rings is 1. The summed E-state index contributed by atoms with van der Waals surface area (Å²) in [5.41, 5.74) is 1.19. The minimum absolute atomic E-state index is 0.509. The summed E-state index contributed by atoms with van der Waals surface area (Å²) in [6, 6.07) is 3.35.